The van der Waals surface area contributed by atoms with Crippen LogP contribution in [-0.2, 0) is 24.2 Å². The molecule has 2 N–H and O–H groups in total. The van der Waals surface area contributed by atoms with Crippen molar-refractivity contribution in [2.24, 2.45) is 5.92 Å². The van der Waals surface area contributed by atoms with Crippen molar-refractivity contribution in [3.63, 3.8) is 0 Å². The lowest BCUT2D eigenvalue weighted by Gasteiger charge is -2.22. The normalized spacial score (nSPS) is 18.9. The van der Waals surface area contributed by atoms with E-state index in [4.69, 9.17) is 0 Å². The monoisotopic (exact) mass is 304 g/mol. The fourth-order valence-electron chi connectivity index (χ4n) is 3.52. The van der Waals surface area contributed by atoms with E-state index in [1.54, 1.807) is 0 Å². The Labute approximate surface area is 132 Å². The van der Waals surface area contributed by atoms with Crippen LogP contribution in [0.15, 0.2) is 6.20 Å². The van der Waals surface area contributed by atoms with Gasteiger partial charge in [-0.05, 0) is 51.1 Å². The van der Waals surface area contributed by atoms with E-state index in [1.807, 2.05) is 0 Å². The molecule has 0 atom stereocenters. The molecule has 22 heavy (non-hydrogen) atoms. The lowest BCUT2D eigenvalue weighted by molar-refractivity contribution is -0.121. The van der Waals surface area contributed by atoms with Gasteiger partial charge in [0.25, 0.3) is 0 Å². The molecular weight excluding hydrogens is 276 g/mol. The molecule has 0 unspecified atom stereocenters. The van der Waals surface area contributed by atoms with Crippen LogP contribution in [0.4, 0.5) is 0 Å². The number of aryl methyl sites for hydroxylation is 2. The molecule has 5 heteroatoms. The van der Waals surface area contributed by atoms with Crippen LogP contribution < -0.4 is 10.6 Å². The summed E-state index contributed by atoms with van der Waals surface area (Å²) in [6.07, 6.45) is 10.8. The van der Waals surface area contributed by atoms with Gasteiger partial charge in [0, 0.05) is 38.5 Å². The summed E-state index contributed by atoms with van der Waals surface area (Å²) in [5.41, 5.74) is 1.12. The van der Waals surface area contributed by atoms with Crippen LogP contribution in [-0.4, -0.2) is 35.1 Å². The molecule has 2 aliphatic rings. The van der Waals surface area contributed by atoms with Crippen molar-refractivity contribution in [2.45, 2.75) is 57.9 Å². The second kappa shape index (κ2) is 7.77. The largest absolute Gasteiger partial charge is 0.356 e. The number of piperidine rings is 1. The summed E-state index contributed by atoms with van der Waals surface area (Å²) < 4.78 is 2.28. The van der Waals surface area contributed by atoms with Gasteiger partial charge in [-0.2, -0.15) is 0 Å². The van der Waals surface area contributed by atoms with E-state index in [0.717, 1.165) is 50.5 Å². The number of carbonyl (C=O) groups excluding carboxylic acids is 1. The highest BCUT2D eigenvalue weighted by Crippen LogP contribution is 2.17. The van der Waals surface area contributed by atoms with E-state index < -0.39 is 0 Å². The third-order valence-electron chi connectivity index (χ3n) is 4.90. The first kappa shape index (κ1) is 15.5. The molecule has 0 aromatic carbocycles. The molecule has 3 rings (SSSR count). The zero-order chi connectivity index (χ0) is 15.2. The van der Waals surface area contributed by atoms with Crippen molar-refractivity contribution in [1.82, 2.24) is 20.2 Å². The van der Waals surface area contributed by atoms with Gasteiger partial charge in [-0.25, -0.2) is 4.98 Å². The van der Waals surface area contributed by atoms with Crippen LogP contribution in [0, 0.1) is 5.92 Å². The number of nitrogens with zero attached hydrogens (tertiary/aromatic N) is 2. The minimum Gasteiger partial charge on any atom is -0.356 e. The Morgan fingerprint density at radius 3 is 3.05 bits per heavy atom. The number of hydrogen-bond acceptors (Lipinski definition) is 3. The molecule has 0 saturated carbocycles. The Hall–Kier alpha value is -1.36. The number of amides is 1. The van der Waals surface area contributed by atoms with Crippen molar-refractivity contribution < 1.29 is 4.79 Å². The Kier molecular flexibility index (Phi) is 5.48. The molecule has 1 saturated heterocycles. The van der Waals surface area contributed by atoms with Crippen LogP contribution in [0.1, 0.15) is 50.0 Å². The van der Waals surface area contributed by atoms with E-state index in [2.05, 4.69) is 26.4 Å². The minimum atomic E-state index is 0.197. The van der Waals surface area contributed by atoms with Gasteiger partial charge in [0.2, 0.25) is 5.91 Å². The van der Waals surface area contributed by atoms with Gasteiger partial charge >= 0.3 is 0 Å². The second-order valence-corrected chi connectivity index (χ2v) is 6.63. The molecule has 1 aromatic rings. The van der Waals surface area contributed by atoms with E-state index >= 15 is 0 Å². The molecule has 0 bridgehead atoms. The van der Waals surface area contributed by atoms with E-state index in [0.29, 0.717) is 13.0 Å². The number of hydrogen-bond donors (Lipinski definition) is 2. The molecule has 3 heterocycles. The zero-order valence-corrected chi connectivity index (χ0v) is 13.4. The third kappa shape index (κ3) is 4.32. The first-order valence-corrected chi connectivity index (χ1v) is 8.83. The Bertz CT molecular complexity index is 467. The number of carbonyl (C=O) groups is 1. The number of rotatable bonds is 6. The maximum atomic E-state index is 11.9. The Morgan fingerprint density at radius 2 is 2.23 bits per heavy atom. The van der Waals surface area contributed by atoms with Crippen molar-refractivity contribution in [2.75, 3.05) is 19.6 Å². The summed E-state index contributed by atoms with van der Waals surface area (Å²) in [7, 11) is 0. The van der Waals surface area contributed by atoms with Crippen LogP contribution in [0.3, 0.4) is 0 Å². The van der Waals surface area contributed by atoms with Gasteiger partial charge in [0.1, 0.15) is 5.82 Å². The number of aromatic nitrogens is 2. The third-order valence-corrected chi connectivity index (χ3v) is 4.90. The molecule has 0 aliphatic carbocycles. The predicted octanol–water partition coefficient (Wildman–Crippen LogP) is 1.66. The van der Waals surface area contributed by atoms with Crippen molar-refractivity contribution in [3.8, 4) is 0 Å². The van der Waals surface area contributed by atoms with E-state index in [-0.39, 0.29) is 5.91 Å². The average molecular weight is 304 g/mol. The summed E-state index contributed by atoms with van der Waals surface area (Å²) in [5, 5.41) is 6.41. The molecule has 122 valence electrons. The molecule has 0 spiro atoms. The fraction of sp³-hybridized carbons (Fsp3) is 0.765. The molecule has 5 nitrogen and oxygen atoms in total. The molecule has 1 amide bonds. The van der Waals surface area contributed by atoms with Crippen LogP contribution in [0.5, 0.6) is 0 Å². The van der Waals surface area contributed by atoms with Gasteiger partial charge in [-0.15, -0.1) is 0 Å². The van der Waals surface area contributed by atoms with Crippen molar-refractivity contribution >= 4 is 5.91 Å². The molecular formula is C17H28N4O. The van der Waals surface area contributed by atoms with Crippen molar-refractivity contribution in [3.05, 3.63) is 17.7 Å². The SMILES string of the molecule is O=C(CCC1CCNCC1)NCCc1cn2c(n1)CCCC2. The van der Waals surface area contributed by atoms with Crippen LogP contribution >= 0.6 is 0 Å². The number of imidazole rings is 1. The number of nitrogens with one attached hydrogen (secondary N) is 2. The highest BCUT2D eigenvalue weighted by atomic mass is 16.1. The predicted molar refractivity (Wildman–Crippen MR) is 86.7 cm³/mol. The lowest BCUT2D eigenvalue weighted by Crippen LogP contribution is -2.30. The minimum absolute atomic E-state index is 0.197. The highest BCUT2D eigenvalue weighted by molar-refractivity contribution is 5.75. The maximum Gasteiger partial charge on any atom is 0.220 e. The molecule has 1 fully saturated rings. The Morgan fingerprint density at radius 1 is 1.36 bits per heavy atom. The molecule has 2 aliphatic heterocycles. The Balaban J connectivity index is 1.33. The first-order valence-electron chi connectivity index (χ1n) is 8.83. The van der Waals surface area contributed by atoms with Gasteiger partial charge < -0.3 is 15.2 Å². The second-order valence-electron chi connectivity index (χ2n) is 6.63. The van der Waals surface area contributed by atoms with Gasteiger partial charge in [0.15, 0.2) is 0 Å². The quantitative estimate of drug-likeness (QED) is 0.840. The van der Waals surface area contributed by atoms with Gasteiger partial charge in [-0.3, -0.25) is 4.79 Å². The summed E-state index contributed by atoms with van der Waals surface area (Å²) >= 11 is 0. The van der Waals surface area contributed by atoms with Gasteiger partial charge in [0.05, 0.1) is 5.69 Å². The van der Waals surface area contributed by atoms with Crippen LogP contribution in [0.25, 0.3) is 0 Å². The fourth-order valence-corrected chi connectivity index (χ4v) is 3.52. The van der Waals surface area contributed by atoms with Gasteiger partial charge in [-0.1, -0.05) is 0 Å². The average Bonchev–Trinajstić information content (AvgIpc) is 2.96. The lowest BCUT2D eigenvalue weighted by atomic mass is 9.93. The maximum absolute atomic E-state index is 11.9. The van der Waals surface area contributed by atoms with Crippen molar-refractivity contribution in [1.29, 1.82) is 0 Å². The summed E-state index contributed by atoms with van der Waals surface area (Å²) in [6.45, 7) is 4.03. The number of fused-ring (bicyclic) bond motifs is 1. The summed E-state index contributed by atoms with van der Waals surface area (Å²) in [4.78, 5) is 16.6. The molecule has 0 radical (unpaired) electrons. The standard InChI is InChI=1S/C17H28N4O/c22-17(5-4-14-6-9-18-10-7-14)19-11-8-15-13-21-12-2-1-3-16(21)20-15/h13-14,18H,1-12H2,(H,19,22). The topological polar surface area (TPSA) is 59.0 Å². The summed E-state index contributed by atoms with van der Waals surface area (Å²) in [5.74, 6) is 2.15. The van der Waals surface area contributed by atoms with Crippen LogP contribution in [0.2, 0.25) is 0 Å². The first-order chi connectivity index (χ1) is 10.8. The highest BCUT2D eigenvalue weighted by Gasteiger charge is 2.15. The van der Waals surface area contributed by atoms with E-state index in [1.165, 1.54) is 31.5 Å². The molecule has 1 aromatic heterocycles. The zero-order valence-electron chi connectivity index (χ0n) is 13.4. The van der Waals surface area contributed by atoms with E-state index in [9.17, 15) is 4.79 Å². The smallest absolute Gasteiger partial charge is 0.220 e. The summed E-state index contributed by atoms with van der Waals surface area (Å²) in [6, 6.07) is 0.